The minimum Gasteiger partial charge on any atom is -0.484 e. The van der Waals surface area contributed by atoms with Gasteiger partial charge in [-0.05, 0) is 59.4 Å². The molecule has 3 aromatic carbocycles. The number of halogens is 2. The summed E-state index contributed by atoms with van der Waals surface area (Å²) >= 11 is 12.1. The van der Waals surface area contributed by atoms with Crippen molar-refractivity contribution in [1.29, 1.82) is 0 Å². The lowest BCUT2D eigenvalue weighted by atomic mass is 9.92. The number of benzene rings is 3. The van der Waals surface area contributed by atoms with Gasteiger partial charge in [0.05, 0.1) is 15.7 Å². The second kappa shape index (κ2) is 11.4. The second-order valence-electron chi connectivity index (χ2n) is 8.54. The Morgan fingerprint density at radius 3 is 2.00 bits per heavy atom. The monoisotopic (exact) mass is 498 g/mol. The lowest BCUT2D eigenvalue weighted by Gasteiger charge is -2.20. The minimum atomic E-state index is -0.377. The van der Waals surface area contributed by atoms with Crippen LogP contribution in [0.1, 0.15) is 61.0 Å². The molecule has 0 saturated heterocycles. The van der Waals surface area contributed by atoms with E-state index in [-0.39, 0.29) is 35.3 Å². The van der Waals surface area contributed by atoms with E-state index in [0.29, 0.717) is 22.0 Å². The second-order valence-corrected chi connectivity index (χ2v) is 9.32. The maximum absolute atomic E-state index is 13.0. The van der Waals surface area contributed by atoms with E-state index in [2.05, 4.69) is 38.3 Å². The number of hydrogen-bond donors (Lipinski definition) is 2. The Bertz CT molecular complexity index is 1150. The van der Waals surface area contributed by atoms with E-state index in [1.165, 1.54) is 0 Å². The fourth-order valence-electron chi connectivity index (χ4n) is 3.52. The van der Waals surface area contributed by atoms with Gasteiger partial charge in [-0.15, -0.1) is 0 Å². The standard InChI is InChI=1S/C27H28Cl2N2O3/c1-16(2)20-7-5-8-21(17(3)4)26(20)31-27(33)18-11-13-19(14-12-18)34-15-24(32)30-23-10-6-9-22(28)25(23)29/h5-14,16-17H,15H2,1-4H3,(H,30,32)(H,31,33). The van der Waals surface area contributed by atoms with E-state index in [9.17, 15) is 9.59 Å². The molecule has 0 aliphatic rings. The average Bonchev–Trinajstić information content (AvgIpc) is 2.80. The van der Waals surface area contributed by atoms with Crippen LogP contribution in [0.5, 0.6) is 5.75 Å². The van der Waals surface area contributed by atoms with Crippen LogP contribution in [-0.4, -0.2) is 18.4 Å². The fourth-order valence-corrected chi connectivity index (χ4v) is 3.87. The Morgan fingerprint density at radius 1 is 0.824 bits per heavy atom. The molecule has 0 radical (unpaired) electrons. The molecule has 7 heteroatoms. The average molecular weight is 499 g/mol. The van der Waals surface area contributed by atoms with Crippen molar-refractivity contribution in [3.8, 4) is 5.75 Å². The number of para-hydroxylation sites is 1. The summed E-state index contributed by atoms with van der Waals surface area (Å²) in [6.45, 7) is 8.22. The smallest absolute Gasteiger partial charge is 0.262 e. The van der Waals surface area contributed by atoms with E-state index in [0.717, 1.165) is 16.8 Å². The van der Waals surface area contributed by atoms with Crippen molar-refractivity contribution < 1.29 is 14.3 Å². The molecular formula is C27H28Cl2N2O3. The summed E-state index contributed by atoms with van der Waals surface area (Å²) < 4.78 is 5.54. The molecule has 0 heterocycles. The molecule has 0 atom stereocenters. The predicted octanol–water partition coefficient (Wildman–Crippen LogP) is 7.51. The van der Waals surface area contributed by atoms with Crippen molar-refractivity contribution >= 4 is 46.4 Å². The molecule has 0 saturated carbocycles. The number of hydrogen-bond acceptors (Lipinski definition) is 3. The molecule has 0 aliphatic heterocycles. The van der Waals surface area contributed by atoms with Crippen LogP contribution in [0.25, 0.3) is 0 Å². The normalized spacial score (nSPS) is 10.9. The van der Waals surface area contributed by atoms with Crippen LogP contribution < -0.4 is 15.4 Å². The molecule has 0 fully saturated rings. The Kier molecular flexibility index (Phi) is 8.59. The van der Waals surface area contributed by atoms with Gasteiger partial charge in [-0.3, -0.25) is 9.59 Å². The van der Waals surface area contributed by atoms with E-state index < -0.39 is 0 Å². The molecule has 5 nitrogen and oxygen atoms in total. The summed E-state index contributed by atoms with van der Waals surface area (Å²) in [6, 6.07) is 17.8. The minimum absolute atomic E-state index is 0.199. The zero-order valence-electron chi connectivity index (χ0n) is 19.6. The SMILES string of the molecule is CC(C)c1cccc(C(C)C)c1NC(=O)c1ccc(OCC(=O)Nc2cccc(Cl)c2Cl)cc1. The molecule has 2 amide bonds. The maximum Gasteiger partial charge on any atom is 0.262 e. The summed E-state index contributed by atoms with van der Waals surface area (Å²) in [5.41, 5.74) is 3.98. The Labute approximate surface area is 210 Å². The number of anilines is 2. The first kappa shape index (κ1) is 25.6. The third kappa shape index (κ3) is 6.31. The van der Waals surface area contributed by atoms with Crippen LogP contribution >= 0.6 is 23.2 Å². The zero-order chi connectivity index (χ0) is 24.8. The molecule has 0 aliphatic carbocycles. The lowest BCUT2D eigenvalue weighted by Crippen LogP contribution is -2.20. The number of rotatable bonds is 8. The van der Waals surface area contributed by atoms with Crippen LogP contribution in [0.4, 0.5) is 11.4 Å². The number of ether oxygens (including phenoxy) is 1. The van der Waals surface area contributed by atoms with Crippen LogP contribution in [0, 0.1) is 0 Å². The van der Waals surface area contributed by atoms with Crippen LogP contribution in [0.3, 0.4) is 0 Å². The topological polar surface area (TPSA) is 67.4 Å². The third-order valence-corrected chi connectivity index (χ3v) is 6.14. The van der Waals surface area contributed by atoms with Crippen molar-refractivity contribution in [2.24, 2.45) is 0 Å². The van der Waals surface area contributed by atoms with E-state index in [1.807, 2.05) is 18.2 Å². The Hall–Kier alpha value is -3.02. The first-order valence-electron chi connectivity index (χ1n) is 11.1. The molecule has 2 N–H and O–H groups in total. The van der Waals surface area contributed by atoms with E-state index in [4.69, 9.17) is 27.9 Å². The van der Waals surface area contributed by atoms with Crippen molar-refractivity contribution in [1.82, 2.24) is 0 Å². The number of carbonyl (C=O) groups excluding carboxylic acids is 2. The number of carbonyl (C=O) groups is 2. The van der Waals surface area contributed by atoms with E-state index >= 15 is 0 Å². The van der Waals surface area contributed by atoms with Crippen molar-refractivity contribution in [3.05, 3.63) is 87.4 Å². The lowest BCUT2D eigenvalue weighted by molar-refractivity contribution is -0.118. The summed E-state index contributed by atoms with van der Waals surface area (Å²) in [6.07, 6.45) is 0. The maximum atomic E-state index is 13.0. The molecule has 34 heavy (non-hydrogen) atoms. The molecule has 3 aromatic rings. The Balaban J connectivity index is 1.64. The van der Waals surface area contributed by atoms with Gasteiger partial charge >= 0.3 is 0 Å². The highest BCUT2D eigenvalue weighted by atomic mass is 35.5. The van der Waals surface area contributed by atoms with Gasteiger partial charge in [0.15, 0.2) is 6.61 Å². The highest BCUT2D eigenvalue weighted by Crippen LogP contribution is 2.33. The van der Waals surface area contributed by atoms with E-state index in [1.54, 1.807) is 42.5 Å². The fraction of sp³-hybridized carbons (Fsp3) is 0.259. The van der Waals surface area contributed by atoms with Crippen molar-refractivity contribution in [2.75, 3.05) is 17.2 Å². The third-order valence-electron chi connectivity index (χ3n) is 5.32. The van der Waals surface area contributed by atoms with Gasteiger partial charge in [0.1, 0.15) is 5.75 Å². The molecule has 0 bridgehead atoms. The largest absolute Gasteiger partial charge is 0.484 e. The molecule has 0 spiro atoms. The summed E-state index contributed by atoms with van der Waals surface area (Å²) in [7, 11) is 0. The van der Waals surface area contributed by atoms with Gasteiger partial charge in [-0.25, -0.2) is 0 Å². The highest BCUT2D eigenvalue weighted by Gasteiger charge is 2.17. The van der Waals surface area contributed by atoms with Gasteiger partial charge in [0.25, 0.3) is 11.8 Å². The van der Waals surface area contributed by atoms with Crippen LogP contribution in [0.15, 0.2) is 60.7 Å². The number of amides is 2. The zero-order valence-corrected chi connectivity index (χ0v) is 21.1. The molecule has 3 rings (SSSR count). The van der Waals surface area contributed by atoms with Gasteiger partial charge < -0.3 is 15.4 Å². The molecule has 0 aromatic heterocycles. The Morgan fingerprint density at radius 2 is 1.41 bits per heavy atom. The van der Waals surface area contributed by atoms with Gasteiger partial charge in [0, 0.05) is 11.3 Å². The number of nitrogens with one attached hydrogen (secondary N) is 2. The van der Waals surface area contributed by atoms with Gasteiger partial charge in [-0.1, -0.05) is 75.2 Å². The van der Waals surface area contributed by atoms with Crippen LogP contribution in [-0.2, 0) is 4.79 Å². The van der Waals surface area contributed by atoms with Crippen molar-refractivity contribution in [3.63, 3.8) is 0 Å². The van der Waals surface area contributed by atoms with Gasteiger partial charge in [-0.2, -0.15) is 0 Å². The molecular weight excluding hydrogens is 471 g/mol. The van der Waals surface area contributed by atoms with Crippen molar-refractivity contribution in [2.45, 2.75) is 39.5 Å². The summed E-state index contributed by atoms with van der Waals surface area (Å²) in [5, 5.41) is 6.38. The predicted molar refractivity (Wildman–Crippen MR) is 140 cm³/mol. The molecule has 0 unspecified atom stereocenters. The first-order chi connectivity index (χ1) is 16.2. The van der Waals surface area contributed by atoms with Crippen LogP contribution in [0.2, 0.25) is 10.0 Å². The quantitative estimate of drug-likeness (QED) is 0.337. The molecule has 178 valence electrons. The van der Waals surface area contributed by atoms with Gasteiger partial charge in [0.2, 0.25) is 0 Å². The summed E-state index contributed by atoms with van der Waals surface area (Å²) in [5.74, 6) is 0.442. The first-order valence-corrected chi connectivity index (χ1v) is 11.8. The summed E-state index contributed by atoms with van der Waals surface area (Å²) in [4.78, 5) is 25.2. The highest BCUT2D eigenvalue weighted by molar-refractivity contribution is 6.44.